The van der Waals surface area contributed by atoms with E-state index < -0.39 is 12.1 Å². The second-order valence-electron chi connectivity index (χ2n) is 24.0. The van der Waals surface area contributed by atoms with E-state index in [1.807, 2.05) is 0 Å². The Hall–Kier alpha value is -5.44. The molecule has 460 valence electrons. The molecule has 0 saturated carbocycles. The van der Waals surface area contributed by atoms with Gasteiger partial charge in [0.2, 0.25) is 0 Å². The van der Waals surface area contributed by atoms with Crippen LogP contribution in [0.3, 0.4) is 0 Å². The Kier molecular flexibility index (Phi) is 39.0. The minimum Gasteiger partial charge on any atom is -0.779 e. The average Bonchev–Trinajstić information content (AvgIpc) is 0.767. The number of benzene rings is 6. The van der Waals surface area contributed by atoms with E-state index in [2.05, 4.69) is 259 Å². The van der Waals surface area contributed by atoms with Gasteiger partial charge in [-0.05, 0) is 71.2 Å². The summed E-state index contributed by atoms with van der Waals surface area (Å²) in [6, 6.07) is 58.2. The Balaban J connectivity index is 0.00000150. The minimum atomic E-state index is -1.22. The van der Waals surface area contributed by atoms with Crippen molar-refractivity contribution < 1.29 is 44.0 Å². The number of hydrogen-bond donors (Lipinski definition) is 0. The first-order valence-corrected chi connectivity index (χ1v) is 29.8. The summed E-state index contributed by atoms with van der Waals surface area (Å²) in [7, 11) is 13.4. The first-order valence-electron chi connectivity index (χ1n) is 29.0. The van der Waals surface area contributed by atoms with Crippen molar-refractivity contribution >= 4 is 59.2 Å². The fourth-order valence-electron chi connectivity index (χ4n) is 10.0. The van der Waals surface area contributed by atoms with Crippen molar-refractivity contribution in [2.45, 2.75) is 116 Å². The Morgan fingerprint density at radius 3 is 0.744 bits per heavy atom. The maximum atomic E-state index is 8.89. The number of carbonyl (C=O) groups excluding carboxylic acids is 1. The largest absolute Gasteiger partial charge is 3.00 e. The third-order valence-corrected chi connectivity index (χ3v) is 15.7. The summed E-state index contributed by atoms with van der Waals surface area (Å²) in [6.45, 7) is 30.6. The monoisotopic (exact) mass is 1280 g/mol. The summed E-state index contributed by atoms with van der Waals surface area (Å²) in [5.41, 5.74) is 13.4. The second-order valence-corrected chi connectivity index (χ2v) is 24.8. The fourth-order valence-corrected chi connectivity index (χ4v) is 10.5. The molecule has 0 amide bonds. The number of nitriles is 3. The van der Waals surface area contributed by atoms with Gasteiger partial charge in [0.05, 0.1) is 18.2 Å². The van der Waals surface area contributed by atoms with Crippen molar-refractivity contribution in [3.05, 3.63) is 179 Å². The van der Waals surface area contributed by atoms with E-state index in [9.17, 15) is 0 Å². The van der Waals surface area contributed by atoms with Gasteiger partial charge in [-0.25, -0.2) is 0 Å². The molecule has 11 nitrogen and oxygen atoms in total. The van der Waals surface area contributed by atoms with Gasteiger partial charge in [0.15, 0.2) is 0 Å². The van der Waals surface area contributed by atoms with Crippen LogP contribution in [0.1, 0.15) is 103 Å². The van der Waals surface area contributed by atoms with Gasteiger partial charge in [0.1, 0.15) is 6.15 Å². The molecule has 86 heavy (non-hydrogen) atoms. The zero-order valence-corrected chi connectivity index (χ0v) is 58.3. The zero-order chi connectivity index (χ0) is 63.0. The molecule has 0 radical (unpaired) electrons. The molecule has 0 N–H and O–H groups in total. The third kappa shape index (κ3) is 27.7. The van der Waals surface area contributed by atoms with Gasteiger partial charge in [-0.3, -0.25) is 0 Å². The molecule has 1 aliphatic heterocycles. The quantitative estimate of drug-likeness (QED) is 0.123. The minimum absolute atomic E-state index is 0. The molecule has 0 saturated heterocycles. The average molecular weight is 1280 g/mol. The molecule has 7 rings (SSSR count). The summed E-state index contributed by atoms with van der Waals surface area (Å²) in [5.74, 6) is -1.08. The SMILES string of the molecule is CC#N.CC#N.CC#N.CC(=O)[O-].CN1CCN(C)Cc2cc(C(C)(C)C)cc(c2[S-])CN(C)CCN(C)CCN(C)Cc2cc(C(C)(C)C)cc(c2[S-])CN(C)CC1.[Mn+3].[Mn+3].c1ccc([B-](c2ccccc2)(c2ccccc2)c2ccccc2)cc1. The van der Waals surface area contributed by atoms with Gasteiger partial charge in [0, 0.05) is 105 Å². The van der Waals surface area contributed by atoms with Crippen LogP contribution in [0, 0.1) is 34.0 Å². The van der Waals surface area contributed by atoms with Gasteiger partial charge >= 0.3 is 34.1 Å². The summed E-state index contributed by atoms with van der Waals surface area (Å²) in [4.78, 5) is 25.6. The van der Waals surface area contributed by atoms with Crippen LogP contribution in [0.4, 0.5) is 0 Å². The number of nitrogens with zero attached hydrogens (tertiary/aromatic N) is 9. The van der Waals surface area contributed by atoms with Crippen LogP contribution in [0.2, 0.25) is 0 Å². The van der Waals surface area contributed by atoms with E-state index in [0.717, 1.165) is 95.3 Å². The van der Waals surface area contributed by atoms with Crippen LogP contribution in [0.5, 0.6) is 0 Å². The van der Waals surface area contributed by atoms with Gasteiger partial charge < -0.3 is 64.6 Å². The number of fused-ring (bicyclic) bond motifs is 4. The summed E-state index contributed by atoms with van der Waals surface area (Å²) >= 11 is 12.3. The summed E-state index contributed by atoms with van der Waals surface area (Å²) in [6.07, 6.45) is -1.22. The normalized spacial score (nSPS) is 14.6. The van der Waals surface area contributed by atoms with Crippen LogP contribution in [-0.2, 0) is 101 Å². The van der Waals surface area contributed by atoms with Crippen molar-refractivity contribution in [2.75, 3.05) is 94.6 Å². The summed E-state index contributed by atoms with van der Waals surface area (Å²) < 4.78 is 0. The van der Waals surface area contributed by atoms with Crippen molar-refractivity contribution in [3.63, 3.8) is 0 Å². The topological polar surface area (TPSA) is 131 Å². The number of carboxylic acid groups (broad SMARTS) is 1. The fraction of sp³-hybridized carbons (Fsp3) is 0.429. The molecule has 0 aromatic heterocycles. The molecule has 0 atom stereocenters. The van der Waals surface area contributed by atoms with E-state index in [0.29, 0.717) is 0 Å². The van der Waals surface area contributed by atoms with Crippen molar-refractivity contribution in [1.82, 2.24) is 29.4 Å². The van der Waals surface area contributed by atoms with Crippen molar-refractivity contribution in [1.29, 1.82) is 15.8 Å². The Morgan fingerprint density at radius 1 is 0.419 bits per heavy atom. The molecule has 1 aliphatic rings. The predicted octanol–water partition coefficient (Wildman–Crippen LogP) is 8.80. The predicted molar refractivity (Wildman–Crippen MR) is 356 cm³/mol. The molecular formula is C70H96BMn2N9O2S2+2. The van der Waals surface area contributed by atoms with Gasteiger partial charge in [0.25, 0.3) is 0 Å². The van der Waals surface area contributed by atoms with Crippen LogP contribution in [0.15, 0.2) is 155 Å². The molecule has 0 unspecified atom stereocenters. The maximum Gasteiger partial charge on any atom is 3.00 e. The zero-order valence-electron chi connectivity index (χ0n) is 54.3. The van der Waals surface area contributed by atoms with E-state index >= 15 is 0 Å². The summed E-state index contributed by atoms with van der Waals surface area (Å²) in [5, 5.41) is 30.8. The van der Waals surface area contributed by atoms with Crippen LogP contribution >= 0.6 is 0 Å². The van der Waals surface area contributed by atoms with Crippen LogP contribution in [0.25, 0.3) is 0 Å². The number of carbonyl (C=O) groups is 1. The van der Waals surface area contributed by atoms with Crippen LogP contribution in [-0.4, -0.2) is 136 Å². The molecular weight excluding hydrogens is 1180 g/mol. The van der Waals surface area contributed by atoms with Gasteiger partial charge in [-0.15, -0.1) is 0 Å². The molecule has 0 aliphatic carbocycles. The first-order chi connectivity index (χ1) is 39.7. The molecule has 0 spiro atoms. The Labute approximate surface area is 552 Å². The number of hydrogen-bond acceptors (Lipinski definition) is 13. The van der Waals surface area contributed by atoms with Crippen LogP contribution < -0.4 is 27.0 Å². The number of aliphatic carboxylic acids is 1. The van der Waals surface area contributed by atoms with Gasteiger partial charge in [-0.2, -0.15) is 47.4 Å². The number of likely N-dealkylation sites (N-methyl/N-ethyl adjacent to an activating group) is 6. The maximum absolute atomic E-state index is 8.89. The molecule has 0 fully saturated rings. The van der Waals surface area contributed by atoms with Crippen molar-refractivity contribution in [3.8, 4) is 18.2 Å². The first kappa shape index (κ1) is 80.6. The molecule has 6 aromatic rings. The van der Waals surface area contributed by atoms with Crippen molar-refractivity contribution in [2.24, 2.45) is 0 Å². The molecule has 6 aromatic carbocycles. The molecule has 16 heteroatoms. The van der Waals surface area contributed by atoms with Gasteiger partial charge in [-0.1, -0.05) is 209 Å². The number of carboxylic acids is 1. The Morgan fingerprint density at radius 2 is 0.581 bits per heavy atom. The third-order valence-electron chi connectivity index (χ3n) is 14.6. The smallest absolute Gasteiger partial charge is 0.779 e. The van der Waals surface area contributed by atoms with E-state index in [1.165, 1.54) is 76.0 Å². The van der Waals surface area contributed by atoms with E-state index in [1.54, 1.807) is 18.2 Å². The molecule has 4 bridgehead atoms. The van der Waals surface area contributed by atoms with E-state index in [-0.39, 0.29) is 45.0 Å². The number of rotatable bonds is 4. The van der Waals surface area contributed by atoms with E-state index in [4.69, 9.17) is 50.9 Å². The standard InChI is InChI=1S/C38H66N6S2.C24H20B.3C2H3N.C2H4O2.2Mn/c1-37(2,3)33-21-29-25-41(9)17-13-39(7)15-19-43(11)27-31-23-34(38(4,5)6)24-32(36(31)46)28-44(12)20-16-40(8)14-18-42(10)26-30(22-33)35(29)45;1-5-13-21(14-6-1)25(22-15-7-2-8-16-22,23-17-9-3-10-18-23)24-19-11-4-12-20-24;3*1-2-3;1-2(3)4;;/h21-24,45-46H,13-20,25-28H2,1-12H3;1-20H;3*1H3;1H3,(H,3,4);;/q;-1;;;;;2*+3/p-3. The Bertz CT molecular complexity index is 2620. The second kappa shape index (κ2) is 41.7. The molecule has 1 heterocycles.